The summed E-state index contributed by atoms with van der Waals surface area (Å²) >= 11 is 0. The van der Waals surface area contributed by atoms with Gasteiger partial charge in [0.25, 0.3) is 10.0 Å². The van der Waals surface area contributed by atoms with Gasteiger partial charge in [0.05, 0.1) is 30.8 Å². The molecule has 8 heteroatoms. The van der Waals surface area contributed by atoms with Crippen LogP contribution in [0.2, 0.25) is 0 Å². The lowest BCUT2D eigenvalue weighted by Crippen LogP contribution is -2.42. The summed E-state index contributed by atoms with van der Waals surface area (Å²) in [5.74, 6) is 0.294. The highest BCUT2D eigenvalue weighted by atomic mass is 32.2. The SMILES string of the molecule is CCC(NC(=O)CN(c1ccc(C)cc1)S(=O)(=O)c1ccc(OC)c(OC)c1)c1ccccc1. The van der Waals surface area contributed by atoms with Crippen LogP contribution in [0.4, 0.5) is 5.69 Å². The number of amides is 1. The lowest BCUT2D eigenvalue weighted by molar-refractivity contribution is -0.120. The molecule has 3 rings (SSSR count). The van der Waals surface area contributed by atoms with Crippen LogP contribution in [0.25, 0.3) is 0 Å². The highest BCUT2D eigenvalue weighted by Crippen LogP contribution is 2.32. The van der Waals surface area contributed by atoms with Gasteiger partial charge in [-0.3, -0.25) is 9.10 Å². The second-order valence-corrected chi connectivity index (χ2v) is 9.67. The Morgan fingerprint density at radius 1 is 0.941 bits per heavy atom. The van der Waals surface area contributed by atoms with E-state index in [0.29, 0.717) is 17.9 Å². The average Bonchev–Trinajstić information content (AvgIpc) is 2.86. The monoisotopic (exact) mass is 482 g/mol. The van der Waals surface area contributed by atoms with Crippen LogP contribution in [0.3, 0.4) is 0 Å². The second kappa shape index (κ2) is 11.1. The molecule has 0 aromatic heterocycles. The van der Waals surface area contributed by atoms with Crippen LogP contribution >= 0.6 is 0 Å². The molecule has 0 aliphatic carbocycles. The molecular weight excluding hydrogens is 452 g/mol. The molecule has 0 aliphatic heterocycles. The van der Waals surface area contributed by atoms with Gasteiger partial charge in [-0.15, -0.1) is 0 Å². The molecule has 0 saturated carbocycles. The molecule has 0 heterocycles. The Morgan fingerprint density at radius 3 is 2.18 bits per heavy atom. The Kier molecular flexibility index (Phi) is 8.17. The van der Waals surface area contributed by atoms with E-state index in [1.165, 1.54) is 32.4 Å². The van der Waals surface area contributed by atoms with Gasteiger partial charge in [-0.25, -0.2) is 8.42 Å². The van der Waals surface area contributed by atoms with Gasteiger partial charge in [0.2, 0.25) is 5.91 Å². The summed E-state index contributed by atoms with van der Waals surface area (Å²) in [7, 11) is -1.17. The highest BCUT2D eigenvalue weighted by Gasteiger charge is 2.29. The summed E-state index contributed by atoms with van der Waals surface area (Å²) in [6.45, 7) is 3.51. The van der Waals surface area contributed by atoms with Gasteiger partial charge in [0, 0.05) is 6.07 Å². The molecule has 1 unspecified atom stereocenters. The fraction of sp³-hybridized carbons (Fsp3) is 0.269. The number of methoxy groups -OCH3 is 2. The lowest BCUT2D eigenvalue weighted by atomic mass is 10.0. The minimum atomic E-state index is -4.09. The molecule has 3 aromatic rings. The van der Waals surface area contributed by atoms with Gasteiger partial charge in [-0.1, -0.05) is 55.0 Å². The molecule has 0 bridgehead atoms. The van der Waals surface area contributed by atoms with Crippen molar-refractivity contribution in [2.24, 2.45) is 0 Å². The van der Waals surface area contributed by atoms with Gasteiger partial charge >= 0.3 is 0 Å². The summed E-state index contributed by atoms with van der Waals surface area (Å²) in [5, 5.41) is 2.97. The van der Waals surface area contributed by atoms with Crippen molar-refractivity contribution in [2.75, 3.05) is 25.1 Å². The zero-order valence-electron chi connectivity index (χ0n) is 19.8. The normalized spacial score (nSPS) is 12.0. The quantitative estimate of drug-likeness (QED) is 0.461. The largest absolute Gasteiger partial charge is 0.493 e. The summed E-state index contributed by atoms with van der Waals surface area (Å²) in [5.41, 5.74) is 2.33. The maximum absolute atomic E-state index is 13.7. The molecule has 180 valence electrons. The van der Waals surface area contributed by atoms with Crippen molar-refractivity contribution in [3.05, 3.63) is 83.9 Å². The van der Waals surface area contributed by atoms with E-state index in [4.69, 9.17) is 9.47 Å². The molecular formula is C26H30N2O5S. The van der Waals surface area contributed by atoms with E-state index in [1.807, 2.05) is 56.3 Å². The first-order valence-corrected chi connectivity index (χ1v) is 12.4. The number of hydrogen-bond acceptors (Lipinski definition) is 5. The number of ether oxygens (including phenoxy) is 2. The zero-order chi connectivity index (χ0) is 24.7. The minimum Gasteiger partial charge on any atom is -0.493 e. The van der Waals surface area contributed by atoms with Gasteiger partial charge in [0.15, 0.2) is 11.5 Å². The Balaban J connectivity index is 1.95. The third-order valence-electron chi connectivity index (χ3n) is 5.50. The van der Waals surface area contributed by atoms with E-state index in [2.05, 4.69) is 5.32 Å². The van der Waals surface area contributed by atoms with E-state index in [0.717, 1.165) is 15.4 Å². The number of benzene rings is 3. The van der Waals surface area contributed by atoms with Gasteiger partial charge in [0.1, 0.15) is 6.54 Å². The number of anilines is 1. The molecule has 0 saturated heterocycles. The molecule has 0 radical (unpaired) electrons. The van der Waals surface area contributed by atoms with E-state index >= 15 is 0 Å². The molecule has 34 heavy (non-hydrogen) atoms. The first-order valence-electron chi connectivity index (χ1n) is 11.0. The van der Waals surface area contributed by atoms with Gasteiger partial charge in [-0.05, 0) is 43.2 Å². The number of nitrogens with one attached hydrogen (secondary N) is 1. The van der Waals surface area contributed by atoms with Crippen LogP contribution in [0.15, 0.2) is 77.7 Å². The molecule has 1 amide bonds. The fourth-order valence-electron chi connectivity index (χ4n) is 3.61. The van der Waals surface area contributed by atoms with E-state index < -0.39 is 15.9 Å². The standard InChI is InChI=1S/C26H30N2O5S/c1-5-23(20-9-7-6-8-10-20)27-26(29)18-28(21-13-11-19(2)12-14-21)34(30,31)22-15-16-24(32-3)25(17-22)33-4/h6-17,23H,5,18H2,1-4H3,(H,27,29). The van der Waals surface area contributed by atoms with Crippen LogP contribution in [0, 0.1) is 6.92 Å². The average molecular weight is 483 g/mol. The van der Waals surface area contributed by atoms with Crippen LogP contribution in [-0.2, 0) is 14.8 Å². The summed E-state index contributed by atoms with van der Waals surface area (Å²) in [4.78, 5) is 13.1. The van der Waals surface area contributed by atoms with Crippen molar-refractivity contribution < 1.29 is 22.7 Å². The zero-order valence-corrected chi connectivity index (χ0v) is 20.6. The summed E-state index contributed by atoms with van der Waals surface area (Å²) in [6, 6.07) is 20.7. The number of carbonyl (C=O) groups is 1. The Labute approximate surface area is 201 Å². The maximum Gasteiger partial charge on any atom is 0.264 e. The topological polar surface area (TPSA) is 84.9 Å². The van der Waals surface area contributed by atoms with Gasteiger partial charge < -0.3 is 14.8 Å². The first kappa shape index (κ1) is 25.1. The molecule has 0 spiro atoms. The summed E-state index contributed by atoms with van der Waals surface area (Å²) < 4.78 is 39.0. The summed E-state index contributed by atoms with van der Waals surface area (Å²) in [6.07, 6.45) is 0.669. The molecule has 0 fully saturated rings. The molecule has 7 nitrogen and oxygen atoms in total. The molecule has 3 aromatic carbocycles. The van der Waals surface area contributed by atoms with E-state index in [1.54, 1.807) is 12.1 Å². The number of sulfonamides is 1. The van der Waals surface area contributed by atoms with Crippen molar-refractivity contribution in [1.82, 2.24) is 5.32 Å². The lowest BCUT2D eigenvalue weighted by Gasteiger charge is -2.26. The first-order chi connectivity index (χ1) is 16.3. The van der Waals surface area contributed by atoms with Crippen LogP contribution in [0.1, 0.15) is 30.5 Å². The van der Waals surface area contributed by atoms with Crippen LogP contribution in [-0.4, -0.2) is 35.1 Å². The number of aryl methyl sites for hydroxylation is 1. The maximum atomic E-state index is 13.7. The number of nitrogens with zero attached hydrogens (tertiary/aromatic N) is 1. The second-order valence-electron chi connectivity index (χ2n) is 7.80. The predicted octanol–water partition coefficient (Wildman–Crippen LogP) is 4.48. The van der Waals surface area contributed by atoms with Crippen molar-refractivity contribution in [2.45, 2.75) is 31.2 Å². The smallest absolute Gasteiger partial charge is 0.264 e. The van der Waals surface area contributed by atoms with Crippen LogP contribution in [0.5, 0.6) is 11.5 Å². The molecule has 1 N–H and O–H groups in total. The third-order valence-corrected chi connectivity index (χ3v) is 7.27. The minimum absolute atomic E-state index is 0.00590. The van der Waals surface area contributed by atoms with Crippen molar-refractivity contribution >= 4 is 21.6 Å². The highest BCUT2D eigenvalue weighted by molar-refractivity contribution is 7.92. The Bertz CT molecular complexity index is 1210. The Hall–Kier alpha value is -3.52. The predicted molar refractivity (Wildman–Crippen MR) is 133 cm³/mol. The van der Waals surface area contributed by atoms with Gasteiger partial charge in [-0.2, -0.15) is 0 Å². The van der Waals surface area contributed by atoms with Crippen molar-refractivity contribution in [1.29, 1.82) is 0 Å². The van der Waals surface area contributed by atoms with Crippen molar-refractivity contribution in [3.8, 4) is 11.5 Å². The third kappa shape index (κ3) is 5.69. The molecule has 0 aliphatic rings. The number of rotatable bonds is 10. The van der Waals surface area contributed by atoms with Crippen LogP contribution < -0.4 is 19.1 Å². The molecule has 1 atom stereocenters. The van der Waals surface area contributed by atoms with E-state index in [-0.39, 0.29) is 23.2 Å². The fourth-order valence-corrected chi connectivity index (χ4v) is 5.04. The number of hydrogen-bond donors (Lipinski definition) is 1. The Morgan fingerprint density at radius 2 is 1.59 bits per heavy atom. The van der Waals surface area contributed by atoms with E-state index in [9.17, 15) is 13.2 Å². The van der Waals surface area contributed by atoms with Crippen molar-refractivity contribution in [3.63, 3.8) is 0 Å². The number of carbonyl (C=O) groups excluding carboxylic acids is 1.